The van der Waals surface area contributed by atoms with E-state index in [9.17, 15) is 4.79 Å². The van der Waals surface area contributed by atoms with Crippen molar-refractivity contribution in [2.45, 2.75) is 58.2 Å². The van der Waals surface area contributed by atoms with E-state index in [1.807, 2.05) is 20.8 Å². The molecule has 5 heterocycles. The first-order valence-corrected chi connectivity index (χ1v) is 12.3. The van der Waals surface area contributed by atoms with Crippen LogP contribution in [0.25, 0.3) is 11.3 Å². The summed E-state index contributed by atoms with van der Waals surface area (Å²) in [5.41, 5.74) is 7.97. The molecule has 0 bridgehead atoms. The lowest BCUT2D eigenvalue weighted by Crippen LogP contribution is -2.45. The molecule has 0 aromatic carbocycles. The zero-order valence-corrected chi connectivity index (χ0v) is 20.9. The molecule has 1 amide bonds. The molecule has 0 spiro atoms. The van der Waals surface area contributed by atoms with Gasteiger partial charge in [-0.15, -0.1) is 0 Å². The summed E-state index contributed by atoms with van der Waals surface area (Å²) in [5.74, 6) is 1.84. The number of nitrogens with zero attached hydrogens (tertiary/aromatic N) is 7. The maximum atomic E-state index is 12.6. The van der Waals surface area contributed by atoms with Crippen LogP contribution in [0.3, 0.4) is 0 Å². The Morgan fingerprint density at radius 1 is 1.14 bits per heavy atom. The van der Waals surface area contributed by atoms with Crippen LogP contribution in [-0.4, -0.2) is 88.0 Å². The van der Waals surface area contributed by atoms with E-state index >= 15 is 0 Å². The molecule has 2 N–H and O–H groups in total. The molecule has 188 valence electrons. The first-order valence-electron chi connectivity index (χ1n) is 12.3. The van der Waals surface area contributed by atoms with Crippen LogP contribution in [0, 0.1) is 0 Å². The van der Waals surface area contributed by atoms with E-state index in [1.165, 1.54) is 0 Å². The Bertz CT molecular complexity index is 1090. The van der Waals surface area contributed by atoms with E-state index in [4.69, 9.17) is 25.2 Å². The van der Waals surface area contributed by atoms with Crippen molar-refractivity contribution in [2.24, 2.45) is 0 Å². The molecule has 0 radical (unpaired) electrons. The van der Waals surface area contributed by atoms with Gasteiger partial charge in [-0.25, -0.2) is 19.7 Å². The van der Waals surface area contributed by atoms with E-state index in [1.54, 1.807) is 17.3 Å². The molecule has 2 fully saturated rings. The van der Waals surface area contributed by atoms with E-state index in [0.717, 1.165) is 48.6 Å². The molecule has 0 saturated carbocycles. The standard InChI is InChI=1S/C24H34N8O3/c1-15-14-34-10-9-31(15)22-28-19(16-11-26-21(25)27-12-16)18-6-8-32(20(18)29-22)17-5-7-30(13-17)23(33)35-24(2,3)4/h11-12,15,17H,5-10,13-14H2,1-4H3,(H2,25,26,27)/t15-,17-/m0/s1. The number of fused-ring (bicyclic) bond motifs is 1. The third-order valence-electron chi connectivity index (χ3n) is 6.67. The summed E-state index contributed by atoms with van der Waals surface area (Å²) < 4.78 is 11.2. The minimum absolute atomic E-state index is 0.168. The quantitative estimate of drug-likeness (QED) is 0.696. The number of hydrogen-bond acceptors (Lipinski definition) is 10. The molecule has 3 aliphatic heterocycles. The van der Waals surface area contributed by atoms with Gasteiger partial charge in [-0.1, -0.05) is 0 Å². The molecule has 0 unspecified atom stereocenters. The van der Waals surface area contributed by atoms with Crippen molar-refractivity contribution in [1.29, 1.82) is 0 Å². The van der Waals surface area contributed by atoms with Gasteiger partial charge in [0.15, 0.2) is 0 Å². The zero-order chi connectivity index (χ0) is 24.7. The van der Waals surface area contributed by atoms with Crippen molar-refractivity contribution >= 4 is 23.8 Å². The highest BCUT2D eigenvalue weighted by molar-refractivity contribution is 5.73. The number of hydrogen-bond donors (Lipinski definition) is 1. The lowest BCUT2D eigenvalue weighted by molar-refractivity contribution is 0.0292. The molecule has 3 aliphatic rings. The number of morpholine rings is 1. The topological polar surface area (TPSA) is 123 Å². The lowest BCUT2D eigenvalue weighted by Gasteiger charge is -2.34. The predicted molar refractivity (Wildman–Crippen MR) is 132 cm³/mol. The molecule has 35 heavy (non-hydrogen) atoms. The molecule has 2 saturated heterocycles. The van der Waals surface area contributed by atoms with Crippen LogP contribution in [0.15, 0.2) is 12.4 Å². The van der Waals surface area contributed by atoms with Crippen LogP contribution >= 0.6 is 0 Å². The smallest absolute Gasteiger partial charge is 0.410 e. The van der Waals surface area contributed by atoms with Crippen LogP contribution in [0.5, 0.6) is 0 Å². The molecule has 11 heteroatoms. The Balaban J connectivity index is 1.47. The maximum absolute atomic E-state index is 12.6. The summed E-state index contributed by atoms with van der Waals surface area (Å²) in [6, 6.07) is 0.338. The van der Waals surface area contributed by atoms with E-state index in [-0.39, 0.29) is 24.1 Å². The molecule has 2 atom stereocenters. The maximum Gasteiger partial charge on any atom is 0.410 e. The van der Waals surface area contributed by atoms with Gasteiger partial charge in [-0.2, -0.15) is 4.98 Å². The van der Waals surface area contributed by atoms with Gasteiger partial charge in [0.25, 0.3) is 0 Å². The number of amides is 1. The van der Waals surface area contributed by atoms with Crippen LogP contribution < -0.4 is 15.5 Å². The number of likely N-dealkylation sites (tertiary alicyclic amines) is 1. The Kier molecular flexibility index (Phi) is 6.12. The average molecular weight is 483 g/mol. The van der Waals surface area contributed by atoms with Gasteiger partial charge in [-0.3, -0.25) is 0 Å². The number of carbonyl (C=O) groups excluding carboxylic acids is 1. The SMILES string of the molecule is C[C@H]1COCCN1c1nc(-c2cnc(N)nc2)c2c(n1)N([C@H]1CCN(C(=O)OC(C)(C)C)C1)CC2. The highest BCUT2D eigenvalue weighted by Crippen LogP contribution is 2.38. The van der Waals surface area contributed by atoms with Crippen molar-refractivity contribution in [2.75, 3.05) is 54.9 Å². The largest absolute Gasteiger partial charge is 0.444 e. The lowest BCUT2D eigenvalue weighted by atomic mass is 10.1. The summed E-state index contributed by atoms with van der Waals surface area (Å²) in [7, 11) is 0. The van der Waals surface area contributed by atoms with Crippen LogP contribution in [-0.2, 0) is 15.9 Å². The third-order valence-corrected chi connectivity index (χ3v) is 6.67. The van der Waals surface area contributed by atoms with Crippen LogP contribution in [0.1, 0.15) is 39.7 Å². The van der Waals surface area contributed by atoms with Crippen LogP contribution in [0.4, 0.5) is 22.5 Å². The fourth-order valence-electron chi connectivity index (χ4n) is 4.96. The van der Waals surface area contributed by atoms with Gasteiger partial charge in [0.05, 0.1) is 24.9 Å². The summed E-state index contributed by atoms with van der Waals surface area (Å²) >= 11 is 0. The zero-order valence-electron chi connectivity index (χ0n) is 20.9. The van der Waals surface area contributed by atoms with Gasteiger partial charge in [0, 0.05) is 55.7 Å². The highest BCUT2D eigenvalue weighted by atomic mass is 16.6. The van der Waals surface area contributed by atoms with Crippen molar-refractivity contribution in [1.82, 2.24) is 24.8 Å². The number of nitrogens with two attached hydrogens (primary N) is 1. The molecular weight excluding hydrogens is 448 g/mol. The summed E-state index contributed by atoms with van der Waals surface area (Å²) in [6.45, 7) is 11.9. The van der Waals surface area contributed by atoms with E-state index in [0.29, 0.717) is 32.3 Å². The first-order chi connectivity index (χ1) is 16.7. The molecule has 2 aromatic heterocycles. The normalized spacial score (nSPS) is 22.5. The molecule has 11 nitrogen and oxygen atoms in total. The van der Waals surface area contributed by atoms with Gasteiger partial charge < -0.3 is 29.9 Å². The number of anilines is 3. The van der Waals surface area contributed by atoms with Gasteiger partial charge >= 0.3 is 6.09 Å². The second kappa shape index (κ2) is 9.10. The molecular formula is C24H34N8O3. The van der Waals surface area contributed by atoms with E-state index < -0.39 is 5.60 Å². The fourth-order valence-corrected chi connectivity index (χ4v) is 4.96. The number of aromatic nitrogens is 4. The number of ether oxygens (including phenoxy) is 2. The predicted octanol–water partition coefficient (Wildman–Crippen LogP) is 2.11. The number of rotatable bonds is 3. The molecule has 0 aliphatic carbocycles. The van der Waals surface area contributed by atoms with Crippen molar-refractivity contribution in [3.63, 3.8) is 0 Å². The minimum Gasteiger partial charge on any atom is -0.444 e. The second-order valence-corrected chi connectivity index (χ2v) is 10.4. The second-order valence-electron chi connectivity index (χ2n) is 10.4. The summed E-state index contributed by atoms with van der Waals surface area (Å²) in [4.78, 5) is 37.4. The summed E-state index contributed by atoms with van der Waals surface area (Å²) in [6.07, 6.45) is 4.87. The van der Waals surface area contributed by atoms with Crippen molar-refractivity contribution in [3.8, 4) is 11.3 Å². The molecule has 2 aromatic rings. The number of nitrogen functional groups attached to an aromatic ring is 1. The van der Waals surface area contributed by atoms with E-state index in [2.05, 4.69) is 26.7 Å². The molecule has 5 rings (SSSR count). The van der Waals surface area contributed by atoms with Gasteiger partial charge in [0.2, 0.25) is 11.9 Å². The van der Waals surface area contributed by atoms with Crippen LogP contribution in [0.2, 0.25) is 0 Å². The minimum atomic E-state index is -0.511. The number of carbonyl (C=O) groups is 1. The average Bonchev–Trinajstić information content (AvgIpc) is 3.45. The highest BCUT2D eigenvalue weighted by Gasteiger charge is 2.38. The Labute approximate surface area is 205 Å². The first kappa shape index (κ1) is 23.5. The monoisotopic (exact) mass is 482 g/mol. The Hall–Kier alpha value is -3.21. The third kappa shape index (κ3) is 4.82. The fraction of sp³-hybridized carbons (Fsp3) is 0.625. The summed E-state index contributed by atoms with van der Waals surface area (Å²) in [5, 5.41) is 0. The van der Waals surface area contributed by atoms with Crippen molar-refractivity contribution in [3.05, 3.63) is 18.0 Å². The Morgan fingerprint density at radius 3 is 2.63 bits per heavy atom. The van der Waals surface area contributed by atoms with Gasteiger partial charge in [-0.05, 0) is 40.5 Å². The Morgan fingerprint density at radius 2 is 1.91 bits per heavy atom. The van der Waals surface area contributed by atoms with Crippen molar-refractivity contribution < 1.29 is 14.3 Å². The van der Waals surface area contributed by atoms with Gasteiger partial charge in [0.1, 0.15) is 11.4 Å².